The van der Waals surface area contributed by atoms with E-state index in [-0.39, 0.29) is 6.61 Å². The lowest BCUT2D eigenvalue weighted by atomic mass is 10.2. The van der Waals surface area contributed by atoms with Gasteiger partial charge >= 0.3 is 0 Å². The molecule has 0 spiro atoms. The van der Waals surface area contributed by atoms with E-state index in [9.17, 15) is 0 Å². The Kier molecular flexibility index (Phi) is 3.89. The van der Waals surface area contributed by atoms with Gasteiger partial charge in [0, 0.05) is 17.2 Å². The first-order valence-electron chi connectivity index (χ1n) is 5.83. The van der Waals surface area contributed by atoms with Crippen LogP contribution in [0.25, 0.3) is 5.69 Å². The minimum absolute atomic E-state index is 0.154. The lowest BCUT2D eigenvalue weighted by Gasteiger charge is -2.07. The van der Waals surface area contributed by atoms with Crippen molar-refractivity contribution in [2.45, 2.75) is 19.8 Å². The molecule has 0 saturated heterocycles. The second kappa shape index (κ2) is 5.42. The molecular weight excluding hydrogens is 250 g/mol. The Morgan fingerprint density at radius 3 is 2.89 bits per heavy atom. The van der Waals surface area contributed by atoms with Gasteiger partial charge in [-0.15, -0.1) is 0 Å². The summed E-state index contributed by atoms with van der Waals surface area (Å²) in [5, 5.41) is 13.8. The molecule has 18 heavy (non-hydrogen) atoms. The van der Waals surface area contributed by atoms with Gasteiger partial charge < -0.3 is 10.8 Å². The molecule has 0 aliphatic heterocycles. The Hall–Kier alpha value is -1.52. The zero-order chi connectivity index (χ0) is 13.1. The zero-order valence-corrected chi connectivity index (χ0v) is 11.0. The molecule has 0 bridgehead atoms. The second-order valence-corrected chi connectivity index (χ2v) is 4.63. The van der Waals surface area contributed by atoms with Crippen LogP contribution >= 0.6 is 11.6 Å². The molecule has 0 aliphatic rings. The average molecular weight is 266 g/mol. The van der Waals surface area contributed by atoms with Crippen molar-refractivity contribution in [2.75, 3.05) is 12.3 Å². The number of aromatic nitrogens is 2. The average Bonchev–Trinajstić information content (AvgIpc) is 2.72. The zero-order valence-electron chi connectivity index (χ0n) is 10.2. The third-order valence-electron chi connectivity index (χ3n) is 2.89. The van der Waals surface area contributed by atoms with Crippen molar-refractivity contribution < 1.29 is 5.11 Å². The second-order valence-electron chi connectivity index (χ2n) is 4.23. The summed E-state index contributed by atoms with van der Waals surface area (Å²) >= 11 is 6.09. The van der Waals surface area contributed by atoms with E-state index in [2.05, 4.69) is 5.10 Å². The molecule has 0 saturated carbocycles. The van der Waals surface area contributed by atoms with Crippen molar-refractivity contribution in [3.05, 3.63) is 40.5 Å². The Labute approximate surface area is 111 Å². The molecular formula is C13H16ClN3O. The van der Waals surface area contributed by atoms with E-state index in [0.29, 0.717) is 17.3 Å². The summed E-state index contributed by atoms with van der Waals surface area (Å²) in [5.74, 6) is 0.600. The van der Waals surface area contributed by atoms with Crippen LogP contribution in [0.1, 0.15) is 17.5 Å². The van der Waals surface area contributed by atoms with Gasteiger partial charge in [-0.3, -0.25) is 0 Å². The molecule has 4 nitrogen and oxygen atoms in total. The quantitative estimate of drug-likeness (QED) is 0.892. The molecule has 0 unspecified atom stereocenters. The molecule has 1 aromatic heterocycles. The Morgan fingerprint density at radius 2 is 2.22 bits per heavy atom. The number of halogens is 1. The van der Waals surface area contributed by atoms with E-state index in [0.717, 1.165) is 23.2 Å². The van der Waals surface area contributed by atoms with Crippen LogP contribution in [0.4, 0.5) is 5.82 Å². The van der Waals surface area contributed by atoms with Crippen molar-refractivity contribution in [1.29, 1.82) is 0 Å². The van der Waals surface area contributed by atoms with Crippen LogP contribution in [0, 0.1) is 6.92 Å². The van der Waals surface area contributed by atoms with Crippen LogP contribution in [0.5, 0.6) is 0 Å². The fraction of sp³-hybridized carbons (Fsp3) is 0.308. The van der Waals surface area contributed by atoms with Crippen LogP contribution < -0.4 is 5.73 Å². The van der Waals surface area contributed by atoms with Crippen LogP contribution in [0.15, 0.2) is 24.4 Å². The van der Waals surface area contributed by atoms with Gasteiger partial charge in [-0.25, -0.2) is 4.68 Å². The van der Waals surface area contributed by atoms with Gasteiger partial charge in [-0.2, -0.15) is 5.10 Å². The van der Waals surface area contributed by atoms with Gasteiger partial charge in [-0.1, -0.05) is 17.7 Å². The number of hydrogen-bond donors (Lipinski definition) is 2. The lowest BCUT2D eigenvalue weighted by Crippen LogP contribution is -2.03. The predicted octanol–water partition coefficient (Wildman–Crippen LogP) is 2.34. The number of hydrogen-bond acceptors (Lipinski definition) is 3. The first-order valence-corrected chi connectivity index (χ1v) is 6.21. The minimum Gasteiger partial charge on any atom is -0.396 e. The Bertz CT molecular complexity index is 551. The highest BCUT2D eigenvalue weighted by molar-refractivity contribution is 6.31. The molecule has 0 fully saturated rings. The van der Waals surface area contributed by atoms with Gasteiger partial charge in [-0.05, 0) is 37.5 Å². The number of anilines is 1. The van der Waals surface area contributed by atoms with E-state index in [1.165, 1.54) is 0 Å². The van der Waals surface area contributed by atoms with Crippen molar-refractivity contribution in [2.24, 2.45) is 0 Å². The highest BCUT2D eigenvalue weighted by Crippen LogP contribution is 2.23. The highest BCUT2D eigenvalue weighted by atomic mass is 35.5. The topological polar surface area (TPSA) is 64.1 Å². The maximum Gasteiger partial charge on any atom is 0.130 e. The molecule has 1 heterocycles. The summed E-state index contributed by atoms with van der Waals surface area (Å²) in [6, 6.07) is 5.71. The summed E-state index contributed by atoms with van der Waals surface area (Å²) < 4.78 is 1.66. The molecule has 0 atom stereocenters. The first-order chi connectivity index (χ1) is 8.63. The van der Waals surface area contributed by atoms with Crippen molar-refractivity contribution in [3.8, 4) is 5.69 Å². The lowest BCUT2D eigenvalue weighted by molar-refractivity contribution is 0.288. The third-order valence-corrected chi connectivity index (χ3v) is 3.30. The summed E-state index contributed by atoms with van der Waals surface area (Å²) in [7, 11) is 0. The van der Waals surface area contributed by atoms with Crippen LogP contribution in [0.2, 0.25) is 5.02 Å². The molecule has 0 aliphatic carbocycles. The van der Waals surface area contributed by atoms with Crippen LogP contribution in [0.3, 0.4) is 0 Å². The van der Waals surface area contributed by atoms with Gasteiger partial charge in [0.05, 0.1) is 11.9 Å². The van der Waals surface area contributed by atoms with Crippen LogP contribution in [-0.4, -0.2) is 21.5 Å². The molecule has 5 heteroatoms. The maximum atomic E-state index is 8.82. The number of nitrogens with zero attached hydrogens (tertiary/aromatic N) is 2. The molecule has 2 aromatic rings. The molecule has 1 aromatic carbocycles. The number of nitrogen functional groups attached to an aromatic ring is 1. The van der Waals surface area contributed by atoms with Gasteiger partial charge in [0.2, 0.25) is 0 Å². The maximum absolute atomic E-state index is 8.82. The largest absolute Gasteiger partial charge is 0.396 e. The number of aliphatic hydroxyl groups excluding tert-OH is 1. The van der Waals surface area contributed by atoms with E-state index in [4.69, 9.17) is 22.4 Å². The third kappa shape index (κ3) is 2.49. The van der Waals surface area contributed by atoms with Gasteiger partial charge in [0.15, 0.2) is 0 Å². The fourth-order valence-electron chi connectivity index (χ4n) is 1.77. The molecule has 3 N–H and O–H groups in total. The highest BCUT2D eigenvalue weighted by Gasteiger charge is 2.09. The predicted molar refractivity (Wildman–Crippen MR) is 73.1 cm³/mol. The number of benzene rings is 1. The minimum atomic E-state index is 0.154. The normalized spacial score (nSPS) is 10.8. The van der Waals surface area contributed by atoms with E-state index >= 15 is 0 Å². The van der Waals surface area contributed by atoms with Crippen molar-refractivity contribution in [1.82, 2.24) is 9.78 Å². The van der Waals surface area contributed by atoms with Crippen LogP contribution in [-0.2, 0) is 6.42 Å². The Morgan fingerprint density at radius 1 is 1.44 bits per heavy atom. The fourth-order valence-corrected chi connectivity index (χ4v) is 1.95. The SMILES string of the molecule is Cc1ccc(-n2ncc(CCCO)c2N)cc1Cl. The summed E-state index contributed by atoms with van der Waals surface area (Å²) in [4.78, 5) is 0. The molecule has 2 rings (SSSR count). The van der Waals surface area contributed by atoms with Crippen molar-refractivity contribution in [3.63, 3.8) is 0 Å². The van der Waals surface area contributed by atoms with E-state index < -0.39 is 0 Å². The van der Waals surface area contributed by atoms with Gasteiger partial charge in [0.25, 0.3) is 0 Å². The van der Waals surface area contributed by atoms with Crippen molar-refractivity contribution >= 4 is 17.4 Å². The van der Waals surface area contributed by atoms with E-state index in [1.54, 1.807) is 10.9 Å². The first kappa shape index (κ1) is 12.9. The smallest absolute Gasteiger partial charge is 0.130 e. The summed E-state index contributed by atoms with van der Waals surface area (Å²) in [5.41, 5.74) is 8.85. The molecule has 0 radical (unpaired) electrons. The number of rotatable bonds is 4. The monoisotopic (exact) mass is 265 g/mol. The van der Waals surface area contributed by atoms with E-state index in [1.807, 2.05) is 25.1 Å². The number of aliphatic hydroxyl groups is 1. The summed E-state index contributed by atoms with van der Waals surface area (Å²) in [6.45, 7) is 2.10. The number of aryl methyl sites for hydroxylation is 2. The summed E-state index contributed by atoms with van der Waals surface area (Å²) in [6.07, 6.45) is 3.14. The Balaban J connectivity index is 2.33. The molecule has 96 valence electrons. The molecule has 0 amide bonds. The number of nitrogens with two attached hydrogens (primary N) is 1. The standard InChI is InChI=1S/C13H16ClN3O/c1-9-4-5-11(7-12(9)14)17-13(15)10(8-16-17)3-2-6-18/h4-5,7-8,18H,2-3,6,15H2,1H3. The van der Waals surface area contributed by atoms with Gasteiger partial charge in [0.1, 0.15) is 5.82 Å².